The maximum atomic E-state index is 11.9. The summed E-state index contributed by atoms with van der Waals surface area (Å²) in [6.07, 6.45) is 0. The van der Waals surface area contributed by atoms with Crippen LogP contribution < -0.4 is 10.6 Å². The number of hydrogen-bond donors (Lipinski definition) is 2. The average Bonchev–Trinajstić information content (AvgIpc) is 2.36. The molecule has 0 unspecified atom stereocenters. The molecule has 0 heterocycles. The van der Waals surface area contributed by atoms with Gasteiger partial charge in [-0.05, 0) is 25.1 Å². The Morgan fingerprint density at radius 1 is 1.37 bits per heavy atom. The molecule has 106 valence electrons. The SMILES string of the molecule is CC[NH2+]CC(=O)Nc1cccc(S(=O)(=O)N(C)C)c1. The Hall–Kier alpha value is -1.44. The van der Waals surface area contributed by atoms with E-state index in [0.717, 1.165) is 10.8 Å². The van der Waals surface area contributed by atoms with E-state index in [4.69, 9.17) is 0 Å². The van der Waals surface area contributed by atoms with Gasteiger partial charge in [0.1, 0.15) is 0 Å². The van der Waals surface area contributed by atoms with Crippen molar-refractivity contribution in [2.75, 3.05) is 32.5 Å². The molecule has 0 aliphatic rings. The van der Waals surface area contributed by atoms with Crippen LogP contribution in [0.15, 0.2) is 29.2 Å². The fourth-order valence-corrected chi connectivity index (χ4v) is 2.38. The van der Waals surface area contributed by atoms with Crippen molar-refractivity contribution in [3.63, 3.8) is 0 Å². The molecule has 0 radical (unpaired) electrons. The molecule has 1 aromatic carbocycles. The van der Waals surface area contributed by atoms with Gasteiger partial charge in [-0.25, -0.2) is 12.7 Å². The summed E-state index contributed by atoms with van der Waals surface area (Å²) >= 11 is 0. The number of nitrogens with zero attached hydrogens (tertiary/aromatic N) is 1. The smallest absolute Gasteiger partial charge is 0.279 e. The lowest BCUT2D eigenvalue weighted by Crippen LogP contribution is -2.85. The second-order valence-corrected chi connectivity index (χ2v) is 6.42. The lowest BCUT2D eigenvalue weighted by Gasteiger charge is -2.12. The van der Waals surface area contributed by atoms with Crippen molar-refractivity contribution in [2.45, 2.75) is 11.8 Å². The van der Waals surface area contributed by atoms with E-state index in [-0.39, 0.29) is 10.8 Å². The molecule has 0 atom stereocenters. The lowest BCUT2D eigenvalue weighted by atomic mass is 10.3. The number of rotatable bonds is 6. The summed E-state index contributed by atoms with van der Waals surface area (Å²) in [6, 6.07) is 6.23. The van der Waals surface area contributed by atoms with Gasteiger partial charge < -0.3 is 10.6 Å². The third kappa shape index (κ3) is 4.30. The first kappa shape index (κ1) is 15.6. The number of nitrogens with one attached hydrogen (secondary N) is 1. The summed E-state index contributed by atoms with van der Waals surface area (Å²) < 4.78 is 25.0. The number of carbonyl (C=O) groups is 1. The standard InChI is InChI=1S/C12H19N3O3S/c1-4-13-9-12(16)14-10-6-5-7-11(8-10)19(17,18)15(2)3/h5-8,13H,4,9H2,1-3H3,(H,14,16)/p+1. The van der Waals surface area contributed by atoms with Gasteiger partial charge in [0.2, 0.25) is 10.0 Å². The maximum Gasteiger partial charge on any atom is 0.279 e. The Morgan fingerprint density at radius 2 is 2.05 bits per heavy atom. The number of anilines is 1. The Kier molecular flexibility index (Phi) is 5.46. The molecule has 1 amide bonds. The van der Waals surface area contributed by atoms with Crippen LogP contribution >= 0.6 is 0 Å². The number of carbonyl (C=O) groups excluding carboxylic acids is 1. The van der Waals surface area contributed by atoms with Crippen LogP contribution in [0.5, 0.6) is 0 Å². The Morgan fingerprint density at radius 3 is 2.63 bits per heavy atom. The van der Waals surface area contributed by atoms with Crippen LogP contribution in [0.3, 0.4) is 0 Å². The molecule has 0 aliphatic carbocycles. The molecule has 0 spiro atoms. The highest BCUT2D eigenvalue weighted by Crippen LogP contribution is 2.17. The fourth-order valence-electron chi connectivity index (χ4n) is 1.43. The highest BCUT2D eigenvalue weighted by atomic mass is 32.2. The molecule has 0 bridgehead atoms. The summed E-state index contributed by atoms with van der Waals surface area (Å²) in [5.41, 5.74) is 0.484. The van der Waals surface area contributed by atoms with Crippen molar-refractivity contribution < 1.29 is 18.5 Å². The minimum Gasteiger partial charge on any atom is -0.339 e. The van der Waals surface area contributed by atoms with Crippen molar-refractivity contribution in [1.29, 1.82) is 0 Å². The van der Waals surface area contributed by atoms with Crippen molar-refractivity contribution in [1.82, 2.24) is 4.31 Å². The molecule has 1 rings (SSSR count). The van der Waals surface area contributed by atoms with Crippen LogP contribution in [-0.2, 0) is 14.8 Å². The first-order valence-corrected chi connectivity index (χ1v) is 7.46. The zero-order valence-corrected chi connectivity index (χ0v) is 12.2. The summed E-state index contributed by atoms with van der Waals surface area (Å²) in [5.74, 6) is -0.152. The van der Waals surface area contributed by atoms with E-state index in [2.05, 4.69) is 5.32 Å². The number of hydrogen-bond acceptors (Lipinski definition) is 3. The average molecular weight is 286 g/mol. The van der Waals surface area contributed by atoms with E-state index in [1.165, 1.54) is 26.2 Å². The topological polar surface area (TPSA) is 83.1 Å². The van der Waals surface area contributed by atoms with Gasteiger partial charge >= 0.3 is 0 Å². The molecule has 0 fully saturated rings. The predicted molar refractivity (Wildman–Crippen MR) is 73.3 cm³/mol. The summed E-state index contributed by atoms with van der Waals surface area (Å²) in [7, 11) is -0.540. The van der Waals surface area contributed by atoms with Crippen molar-refractivity contribution >= 4 is 21.6 Å². The van der Waals surface area contributed by atoms with Crippen LogP contribution in [0.1, 0.15) is 6.92 Å². The second kappa shape index (κ2) is 6.65. The molecule has 0 saturated heterocycles. The molecule has 19 heavy (non-hydrogen) atoms. The van der Waals surface area contributed by atoms with Gasteiger partial charge in [0.25, 0.3) is 5.91 Å². The van der Waals surface area contributed by atoms with E-state index in [0.29, 0.717) is 12.2 Å². The Bertz CT molecular complexity index is 541. The Labute approximate surface area is 113 Å². The Balaban J connectivity index is 2.87. The number of nitrogens with two attached hydrogens (primary N) is 1. The van der Waals surface area contributed by atoms with E-state index in [1.807, 2.05) is 12.2 Å². The largest absolute Gasteiger partial charge is 0.339 e. The molecular weight excluding hydrogens is 266 g/mol. The maximum absolute atomic E-state index is 11.9. The van der Waals surface area contributed by atoms with E-state index in [1.54, 1.807) is 12.1 Å². The van der Waals surface area contributed by atoms with Gasteiger partial charge in [0.05, 0.1) is 11.4 Å². The molecule has 0 aromatic heterocycles. The monoisotopic (exact) mass is 286 g/mol. The molecular formula is C12H20N3O3S+. The third-order valence-electron chi connectivity index (χ3n) is 2.51. The van der Waals surface area contributed by atoms with Crippen molar-refractivity contribution in [3.8, 4) is 0 Å². The zero-order chi connectivity index (χ0) is 14.5. The van der Waals surface area contributed by atoms with Crippen LogP contribution in [0, 0.1) is 0 Å². The number of sulfonamides is 1. The summed E-state index contributed by atoms with van der Waals surface area (Å²) in [4.78, 5) is 11.7. The van der Waals surface area contributed by atoms with Gasteiger partial charge in [-0.3, -0.25) is 4.79 Å². The molecule has 0 aliphatic heterocycles. The van der Waals surface area contributed by atoms with Gasteiger partial charge in [-0.1, -0.05) is 6.07 Å². The normalized spacial score (nSPS) is 11.6. The highest BCUT2D eigenvalue weighted by Gasteiger charge is 2.17. The lowest BCUT2D eigenvalue weighted by molar-refractivity contribution is -0.640. The summed E-state index contributed by atoms with van der Waals surface area (Å²) in [6.45, 7) is 3.10. The molecule has 3 N–H and O–H groups in total. The molecule has 6 nitrogen and oxygen atoms in total. The molecule has 1 aromatic rings. The third-order valence-corrected chi connectivity index (χ3v) is 4.33. The number of amides is 1. The van der Waals surface area contributed by atoms with Gasteiger partial charge in [-0.15, -0.1) is 0 Å². The minimum absolute atomic E-state index is 0.152. The van der Waals surface area contributed by atoms with Crippen molar-refractivity contribution in [2.24, 2.45) is 0 Å². The fraction of sp³-hybridized carbons (Fsp3) is 0.417. The van der Waals surface area contributed by atoms with E-state index >= 15 is 0 Å². The van der Waals surface area contributed by atoms with E-state index < -0.39 is 10.0 Å². The first-order chi connectivity index (χ1) is 8.87. The second-order valence-electron chi connectivity index (χ2n) is 4.26. The van der Waals surface area contributed by atoms with Crippen LogP contribution in [0.25, 0.3) is 0 Å². The van der Waals surface area contributed by atoms with Crippen LogP contribution in [0.4, 0.5) is 5.69 Å². The number of quaternary nitrogens is 1. The van der Waals surface area contributed by atoms with Crippen LogP contribution in [-0.4, -0.2) is 45.8 Å². The first-order valence-electron chi connectivity index (χ1n) is 6.02. The minimum atomic E-state index is -3.48. The van der Waals surface area contributed by atoms with Gasteiger partial charge in [0.15, 0.2) is 6.54 Å². The van der Waals surface area contributed by atoms with Crippen molar-refractivity contribution in [3.05, 3.63) is 24.3 Å². The van der Waals surface area contributed by atoms with Crippen LogP contribution in [0.2, 0.25) is 0 Å². The quantitative estimate of drug-likeness (QED) is 0.736. The number of benzene rings is 1. The zero-order valence-electron chi connectivity index (χ0n) is 11.4. The predicted octanol–water partition coefficient (Wildman–Crippen LogP) is -0.541. The summed E-state index contributed by atoms with van der Waals surface area (Å²) in [5, 5.41) is 4.53. The van der Waals surface area contributed by atoms with Gasteiger partial charge in [-0.2, -0.15) is 0 Å². The molecule has 7 heteroatoms. The highest BCUT2D eigenvalue weighted by molar-refractivity contribution is 7.89. The molecule has 0 saturated carbocycles. The van der Waals surface area contributed by atoms with E-state index in [9.17, 15) is 13.2 Å². The van der Waals surface area contributed by atoms with Gasteiger partial charge in [0, 0.05) is 19.8 Å². The number of likely N-dealkylation sites (N-methyl/N-ethyl adjacent to an activating group) is 1.